The molecule has 16 heteroatoms. The van der Waals surface area contributed by atoms with Crippen molar-refractivity contribution in [1.29, 1.82) is 0 Å². The normalized spacial score (nSPS) is 15.7. The van der Waals surface area contributed by atoms with Crippen LogP contribution in [0.1, 0.15) is 57.7 Å². The zero-order valence-corrected chi connectivity index (χ0v) is 26.7. The number of anilines is 1. The van der Waals surface area contributed by atoms with E-state index >= 15 is 0 Å². The van der Waals surface area contributed by atoms with Crippen LogP contribution in [0.15, 0.2) is 61.2 Å². The summed E-state index contributed by atoms with van der Waals surface area (Å²) in [6.07, 6.45) is 7.18. The van der Waals surface area contributed by atoms with Gasteiger partial charge in [-0.3, -0.25) is 9.78 Å². The molecule has 0 bridgehead atoms. The first kappa shape index (κ1) is 33.7. The average Bonchev–Trinajstić information content (AvgIpc) is 3.54. The summed E-state index contributed by atoms with van der Waals surface area (Å²) in [6, 6.07) is 8.50. The third-order valence-corrected chi connectivity index (χ3v) is 8.19. The van der Waals surface area contributed by atoms with Crippen molar-refractivity contribution < 1.29 is 37.7 Å². The van der Waals surface area contributed by atoms with Crippen LogP contribution in [0.25, 0.3) is 22.4 Å². The van der Waals surface area contributed by atoms with Gasteiger partial charge in [0.05, 0.1) is 19.5 Å². The predicted molar refractivity (Wildman–Crippen MR) is 175 cm³/mol. The maximum Gasteiger partial charge on any atom is 0.407 e. The van der Waals surface area contributed by atoms with E-state index in [0.717, 1.165) is 25.2 Å². The third-order valence-electron chi connectivity index (χ3n) is 8.19. The van der Waals surface area contributed by atoms with Crippen LogP contribution in [0.3, 0.4) is 0 Å². The zero-order chi connectivity index (χ0) is 35.2. The molecule has 50 heavy (non-hydrogen) atoms. The van der Waals surface area contributed by atoms with Gasteiger partial charge in [0.25, 0.3) is 5.91 Å². The van der Waals surface area contributed by atoms with E-state index in [1.54, 1.807) is 18.3 Å². The molecule has 4 heterocycles. The fraction of sp³-hybridized carbons (Fsp3) is 0.265. The number of ether oxygens (including phenoxy) is 2. The lowest BCUT2D eigenvalue weighted by Gasteiger charge is -2.30. The number of amides is 2. The van der Waals surface area contributed by atoms with Crippen LogP contribution in [0.2, 0.25) is 0 Å². The molecule has 1 saturated carbocycles. The summed E-state index contributed by atoms with van der Waals surface area (Å²) in [5.74, 6) is -2.33. The second kappa shape index (κ2) is 14.9. The second-order valence-electron chi connectivity index (χ2n) is 11.6. The number of alkyl carbamates (subject to hydrolysis) is 1. The summed E-state index contributed by atoms with van der Waals surface area (Å²) in [5.41, 5.74) is 2.23. The SMILES string of the molecule is COc1cc(CNC(=O)OCc2ccnc(C(=O)N[C@@H]3CCC[C@H](Nc4nc(-c5c[nH]c6ncc(F)cc56)ncc4F)C3)c2)ccc1C(=O)O. The molecule has 258 valence electrons. The molecule has 0 saturated heterocycles. The quantitative estimate of drug-likeness (QED) is 0.126. The van der Waals surface area contributed by atoms with Crippen LogP contribution < -0.4 is 20.7 Å². The molecule has 2 atom stereocenters. The first-order valence-corrected chi connectivity index (χ1v) is 15.7. The predicted octanol–water partition coefficient (Wildman–Crippen LogP) is 4.98. The van der Waals surface area contributed by atoms with Gasteiger partial charge in [0, 0.05) is 42.0 Å². The molecular formula is C34H32F2N8O6. The Bertz CT molecular complexity index is 2060. The van der Waals surface area contributed by atoms with Gasteiger partial charge >= 0.3 is 12.1 Å². The van der Waals surface area contributed by atoms with Crippen LogP contribution in [0.5, 0.6) is 5.75 Å². The summed E-state index contributed by atoms with van der Waals surface area (Å²) in [6.45, 7) is -0.0494. The number of nitrogens with zero attached hydrogens (tertiary/aromatic N) is 4. The number of hydrogen-bond acceptors (Lipinski definition) is 10. The summed E-state index contributed by atoms with van der Waals surface area (Å²) >= 11 is 0. The number of halogens is 2. The number of pyridine rings is 2. The molecule has 1 fully saturated rings. The number of rotatable bonds is 11. The lowest BCUT2D eigenvalue weighted by molar-refractivity contribution is 0.0692. The number of nitrogens with one attached hydrogen (secondary N) is 4. The van der Waals surface area contributed by atoms with Crippen molar-refractivity contribution in [3.05, 3.63) is 95.2 Å². The summed E-state index contributed by atoms with van der Waals surface area (Å²) in [5, 5.41) is 18.4. The van der Waals surface area contributed by atoms with Crippen molar-refractivity contribution in [2.45, 2.75) is 50.9 Å². The zero-order valence-electron chi connectivity index (χ0n) is 26.7. The summed E-state index contributed by atoms with van der Waals surface area (Å²) < 4.78 is 39.0. The topological polar surface area (TPSA) is 193 Å². The van der Waals surface area contributed by atoms with Crippen LogP contribution in [0, 0.1) is 11.6 Å². The van der Waals surface area contributed by atoms with E-state index in [9.17, 15) is 28.3 Å². The van der Waals surface area contributed by atoms with E-state index in [1.165, 1.54) is 37.6 Å². The van der Waals surface area contributed by atoms with Gasteiger partial charge < -0.3 is 35.5 Å². The van der Waals surface area contributed by atoms with Crippen LogP contribution in [0.4, 0.5) is 19.4 Å². The number of aromatic nitrogens is 5. The van der Waals surface area contributed by atoms with Crippen molar-refractivity contribution in [1.82, 2.24) is 35.6 Å². The molecule has 0 unspecified atom stereocenters. The highest BCUT2D eigenvalue weighted by atomic mass is 19.1. The molecule has 1 aromatic carbocycles. The van der Waals surface area contributed by atoms with Crippen molar-refractivity contribution in [2.75, 3.05) is 12.4 Å². The smallest absolute Gasteiger partial charge is 0.407 e. The minimum Gasteiger partial charge on any atom is -0.496 e. The van der Waals surface area contributed by atoms with E-state index in [2.05, 4.69) is 40.9 Å². The third kappa shape index (κ3) is 7.91. The van der Waals surface area contributed by atoms with Gasteiger partial charge in [-0.25, -0.2) is 33.3 Å². The molecule has 5 aromatic rings. The van der Waals surface area contributed by atoms with Gasteiger partial charge in [0.2, 0.25) is 0 Å². The number of benzene rings is 1. The first-order valence-electron chi connectivity index (χ1n) is 15.7. The minimum atomic E-state index is -1.13. The Balaban J connectivity index is 1.01. The molecule has 1 aliphatic rings. The number of H-pyrrole nitrogens is 1. The van der Waals surface area contributed by atoms with Crippen molar-refractivity contribution in [3.63, 3.8) is 0 Å². The number of carbonyl (C=O) groups is 3. The lowest BCUT2D eigenvalue weighted by Crippen LogP contribution is -2.42. The maximum atomic E-state index is 14.8. The van der Waals surface area contributed by atoms with Gasteiger partial charge in [-0.1, -0.05) is 6.07 Å². The van der Waals surface area contributed by atoms with E-state index in [-0.39, 0.29) is 53.9 Å². The van der Waals surface area contributed by atoms with Crippen LogP contribution in [-0.4, -0.2) is 67.2 Å². The van der Waals surface area contributed by atoms with Crippen molar-refractivity contribution >= 4 is 34.8 Å². The molecule has 14 nitrogen and oxygen atoms in total. The van der Waals surface area contributed by atoms with Crippen LogP contribution in [-0.2, 0) is 17.9 Å². The number of aromatic carboxylic acids is 1. The fourth-order valence-corrected chi connectivity index (χ4v) is 5.75. The molecule has 4 aromatic heterocycles. The number of fused-ring (bicyclic) bond motifs is 1. The Kier molecular flexibility index (Phi) is 10.1. The minimum absolute atomic E-state index is 0.0000814. The average molecular weight is 687 g/mol. The number of methoxy groups -OCH3 is 1. The Labute approximate surface area is 283 Å². The monoisotopic (exact) mass is 686 g/mol. The molecule has 0 aliphatic heterocycles. The number of carboxylic acids is 1. The fourth-order valence-electron chi connectivity index (χ4n) is 5.75. The standard InChI is InChI=1S/C34H32F2N8O6/c1-49-28-10-18(5-6-23(28)33(46)47)13-41-34(48)50-17-19-7-8-37-27(9-19)32(45)43-22-4-2-3-21(12-22)42-31-26(36)16-40-30(44-31)25-15-39-29-24(25)11-20(35)14-38-29/h5-11,14-16,21-22H,2-4,12-13,17H2,1H3,(H,38,39)(H,41,48)(H,43,45)(H,46,47)(H,40,42,44)/t21-,22+/m0/s1. The van der Waals surface area contributed by atoms with Gasteiger partial charge in [-0.05, 0) is 67.1 Å². The van der Waals surface area contributed by atoms with Crippen molar-refractivity contribution in [3.8, 4) is 17.1 Å². The number of aromatic amines is 1. The highest BCUT2D eigenvalue weighted by Gasteiger charge is 2.26. The number of carboxylic acid groups (broad SMARTS) is 1. The first-order chi connectivity index (χ1) is 24.2. The molecule has 2 amide bonds. The summed E-state index contributed by atoms with van der Waals surface area (Å²) in [7, 11) is 1.36. The van der Waals surface area contributed by atoms with Gasteiger partial charge in [-0.15, -0.1) is 0 Å². The van der Waals surface area contributed by atoms with Gasteiger partial charge in [-0.2, -0.15) is 0 Å². The molecule has 6 rings (SSSR count). The summed E-state index contributed by atoms with van der Waals surface area (Å²) in [4.78, 5) is 56.3. The Morgan fingerprint density at radius 2 is 1.86 bits per heavy atom. The molecule has 1 aliphatic carbocycles. The largest absolute Gasteiger partial charge is 0.496 e. The Hall–Kier alpha value is -6.19. The molecule has 5 N–H and O–H groups in total. The van der Waals surface area contributed by atoms with Gasteiger partial charge in [0.1, 0.15) is 35.1 Å². The number of hydrogen-bond donors (Lipinski definition) is 5. The van der Waals surface area contributed by atoms with Crippen LogP contribution >= 0.6 is 0 Å². The van der Waals surface area contributed by atoms with E-state index < -0.39 is 29.6 Å². The molecular weight excluding hydrogens is 654 g/mol. The second-order valence-corrected chi connectivity index (χ2v) is 11.6. The molecule has 0 spiro atoms. The number of carbonyl (C=O) groups excluding carboxylic acids is 2. The van der Waals surface area contributed by atoms with E-state index in [0.29, 0.717) is 40.6 Å². The Morgan fingerprint density at radius 3 is 2.68 bits per heavy atom. The van der Waals surface area contributed by atoms with Crippen molar-refractivity contribution in [2.24, 2.45) is 0 Å². The Morgan fingerprint density at radius 1 is 1.02 bits per heavy atom. The highest BCUT2D eigenvalue weighted by Crippen LogP contribution is 2.28. The van der Waals surface area contributed by atoms with Gasteiger partial charge in [0.15, 0.2) is 17.5 Å². The molecule has 0 radical (unpaired) electrons. The van der Waals surface area contributed by atoms with E-state index in [4.69, 9.17) is 9.47 Å². The lowest BCUT2D eigenvalue weighted by atomic mass is 9.91. The maximum absolute atomic E-state index is 14.8. The highest BCUT2D eigenvalue weighted by molar-refractivity contribution is 5.93. The van der Waals surface area contributed by atoms with E-state index in [1.807, 2.05) is 0 Å².